The van der Waals surface area contributed by atoms with Crippen LogP contribution in [0.25, 0.3) is 22.3 Å². The van der Waals surface area contributed by atoms with E-state index in [1.807, 2.05) is 6.92 Å². The SMILES string of the molecule is C/C=C/C1CCC(c2ccc(-c3ccc(-c4ccc(OCCCCCC)c(F)c4F)cc3)c(F)c2F)CC1. The molecule has 1 nitrogen and oxygen atoms in total. The van der Waals surface area contributed by atoms with Crippen LogP contribution < -0.4 is 4.74 Å². The fourth-order valence-electron chi connectivity index (χ4n) is 5.40. The summed E-state index contributed by atoms with van der Waals surface area (Å²) < 4.78 is 65.2. The second-order valence-electron chi connectivity index (χ2n) is 10.2. The van der Waals surface area contributed by atoms with Crippen molar-refractivity contribution < 1.29 is 22.3 Å². The molecule has 0 amide bonds. The Hall–Kier alpha value is -3.08. The molecule has 3 aromatic carbocycles. The third-order valence-corrected chi connectivity index (χ3v) is 7.60. The zero-order valence-corrected chi connectivity index (χ0v) is 22.2. The lowest BCUT2D eigenvalue weighted by Crippen LogP contribution is -2.13. The second kappa shape index (κ2) is 13.1. The number of benzene rings is 3. The van der Waals surface area contributed by atoms with Gasteiger partial charge in [-0.15, -0.1) is 0 Å². The minimum absolute atomic E-state index is 0.0172. The van der Waals surface area contributed by atoms with Crippen LogP contribution in [0, 0.1) is 29.2 Å². The highest BCUT2D eigenvalue weighted by Crippen LogP contribution is 2.39. The van der Waals surface area contributed by atoms with Crippen LogP contribution in [0.4, 0.5) is 17.6 Å². The Morgan fingerprint density at radius 2 is 1.32 bits per heavy atom. The Labute approximate surface area is 223 Å². The quantitative estimate of drug-likeness (QED) is 0.146. The van der Waals surface area contributed by atoms with Gasteiger partial charge in [0.25, 0.3) is 0 Å². The number of rotatable bonds is 10. The van der Waals surface area contributed by atoms with Gasteiger partial charge in [-0.1, -0.05) is 74.7 Å². The third-order valence-electron chi connectivity index (χ3n) is 7.60. The zero-order chi connectivity index (χ0) is 27.1. The maximum Gasteiger partial charge on any atom is 0.201 e. The van der Waals surface area contributed by atoms with Gasteiger partial charge in [-0.05, 0) is 79.7 Å². The lowest BCUT2D eigenvalue weighted by atomic mass is 9.78. The van der Waals surface area contributed by atoms with Crippen LogP contribution in [0.3, 0.4) is 0 Å². The van der Waals surface area contributed by atoms with E-state index < -0.39 is 23.3 Å². The van der Waals surface area contributed by atoms with Crippen LogP contribution in [-0.4, -0.2) is 6.61 Å². The van der Waals surface area contributed by atoms with Crippen LogP contribution in [0.15, 0.2) is 60.7 Å². The molecule has 0 aliphatic heterocycles. The first-order valence-corrected chi connectivity index (χ1v) is 13.8. The molecule has 0 unspecified atom stereocenters. The average molecular weight is 525 g/mol. The van der Waals surface area contributed by atoms with Crippen LogP contribution in [0.2, 0.25) is 0 Å². The van der Waals surface area contributed by atoms with E-state index in [1.54, 1.807) is 36.4 Å². The summed E-state index contributed by atoms with van der Waals surface area (Å²) in [6, 6.07) is 12.6. The van der Waals surface area contributed by atoms with Gasteiger partial charge in [0.1, 0.15) is 0 Å². The standard InChI is InChI=1S/C33H36F4O/c1-3-5-6-7-21-38-29-20-19-28(32(36)33(29)37)25-15-13-24(14-16-25)27-18-17-26(30(34)31(27)35)23-11-9-22(8-4-2)10-12-23/h4,8,13-20,22-23H,3,5-7,9-12,21H2,1-2H3/b8-4+. The summed E-state index contributed by atoms with van der Waals surface area (Å²) in [4.78, 5) is 0. The second-order valence-corrected chi connectivity index (χ2v) is 10.2. The molecular formula is C33H36F4O. The van der Waals surface area contributed by atoms with Crippen LogP contribution in [0.5, 0.6) is 5.75 Å². The van der Waals surface area contributed by atoms with Crippen molar-refractivity contribution in [3.63, 3.8) is 0 Å². The average Bonchev–Trinajstić information content (AvgIpc) is 2.93. The van der Waals surface area contributed by atoms with Gasteiger partial charge in [0.05, 0.1) is 6.61 Å². The molecule has 0 heterocycles. The fraction of sp³-hybridized carbons (Fsp3) is 0.394. The molecular weight excluding hydrogens is 488 g/mol. The molecule has 1 aliphatic carbocycles. The largest absolute Gasteiger partial charge is 0.490 e. The summed E-state index contributed by atoms with van der Waals surface area (Å²) >= 11 is 0. The summed E-state index contributed by atoms with van der Waals surface area (Å²) in [5.41, 5.74) is 1.59. The van der Waals surface area contributed by atoms with Gasteiger partial charge >= 0.3 is 0 Å². The van der Waals surface area contributed by atoms with Gasteiger partial charge in [0.15, 0.2) is 23.2 Å². The molecule has 1 aliphatic rings. The fourth-order valence-corrected chi connectivity index (χ4v) is 5.40. The zero-order valence-electron chi connectivity index (χ0n) is 22.2. The minimum Gasteiger partial charge on any atom is -0.490 e. The summed E-state index contributed by atoms with van der Waals surface area (Å²) in [5, 5.41) is 0. The first-order chi connectivity index (χ1) is 18.4. The van der Waals surface area contributed by atoms with Gasteiger partial charge in [-0.3, -0.25) is 0 Å². The van der Waals surface area contributed by atoms with Crippen molar-refractivity contribution in [1.82, 2.24) is 0 Å². The lowest BCUT2D eigenvalue weighted by Gasteiger charge is -2.27. The summed E-state index contributed by atoms with van der Waals surface area (Å²) in [5.74, 6) is -3.25. The van der Waals surface area contributed by atoms with Crippen molar-refractivity contribution in [2.45, 2.75) is 71.1 Å². The summed E-state index contributed by atoms with van der Waals surface area (Å²) in [6.45, 7) is 4.44. The van der Waals surface area contributed by atoms with Gasteiger partial charge in [-0.25, -0.2) is 13.2 Å². The molecule has 0 bridgehead atoms. The molecule has 0 N–H and O–H groups in total. The summed E-state index contributed by atoms with van der Waals surface area (Å²) in [6.07, 6.45) is 11.8. The molecule has 0 aromatic heterocycles. The summed E-state index contributed by atoms with van der Waals surface area (Å²) in [7, 11) is 0. The Morgan fingerprint density at radius 3 is 1.92 bits per heavy atom. The van der Waals surface area contributed by atoms with E-state index in [1.165, 1.54) is 12.1 Å². The van der Waals surface area contributed by atoms with Crippen molar-refractivity contribution >= 4 is 0 Å². The van der Waals surface area contributed by atoms with Crippen molar-refractivity contribution in [2.24, 2.45) is 5.92 Å². The van der Waals surface area contributed by atoms with E-state index in [4.69, 9.17) is 4.74 Å². The maximum absolute atomic E-state index is 15.1. The number of hydrogen-bond acceptors (Lipinski definition) is 1. The Kier molecular flexibility index (Phi) is 9.65. The van der Waals surface area contributed by atoms with Gasteiger partial charge in [-0.2, -0.15) is 4.39 Å². The highest BCUT2D eigenvalue weighted by Gasteiger charge is 2.26. The van der Waals surface area contributed by atoms with Gasteiger partial charge < -0.3 is 4.74 Å². The Bertz CT molecular complexity index is 1240. The first kappa shape index (κ1) is 27.9. The highest BCUT2D eigenvalue weighted by molar-refractivity contribution is 5.72. The number of ether oxygens (including phenoxy) is 1. The number of unbranched alkanes of at least 4 members (excludes halogenated alkanes) is 3. The first-order valence-electron chi connectivity index (χ1n) is 13.8. The highest BCUT2D eigenvalue weighted by atomic mass is 19.2. The third kappa shape index (κ3) is 6.31. The molecule has 5 heteroatoms. The molecule has 1 saturated carbocycles. The molecule has 38 heavy (non-hydrogen) atoms. The van der Waals surface area contributed by atoms with Crippen molar-refractivity contribution in [2.75, 3.05) is 6.61 Å². The van der Waals surface area contributed by atoms with E-state index in [2.05, 4.69) is 19.1 Å². The van der Waals surface area contributed by atoms with Crippen molar-refractivity contribution in [1.29, 1.82) is 0 Å². The number of halogens is 4. The molecule has 0 radical (unpaired) electrons. The molecule has 202 valence electrons. The predicted octanol–water partition coefficient (Wildman–Crippen LogP) is 10.4. The smallest absolute Gasteiger partial charge is 0.201 e. The van der Waals surface area contributed by atoms with E-state index in [0.29, 0.717) is 29.2 Å². The normalized spacial score (nSPS) is 17.7. The molecule has 0 atom stereocenters. The topological polar surface area (TPSA) is 9.23 Å². The van der Waals surface area contributed by atoms with E-state index in [-0.39, 0.29) is 22.8 Å². The number of hydrogen-bond donors (Lipinski definition) is 0. The molecule has 4 rings (SSSR count). The van der Waals surface area contributed by atoms with Gasteiger partial charge in [0.2, 0.25) is 5.82 Å². The van der Waals surface area contributed by atoms with Crippen LogP contribution >= 0.6 is 0 Å². The molecule has 0 saturated heterocycles. The van der Waals surface area contributed by atoms with E-state index in [9.17, 15) is 8.78 Å². The Morgan fingerprint density at radius 1 is 0.711 bits per heavy atom. The predicted molar refractivity (Wildman–Crippen MR) is 146 cm³/mol. The van der Waals surface area contributed by atoms with Gasteiger partial charge in [0, 0.05) is 11.1 Å². The lowest BCUT2D eigenvalue weighted by molar-refractivity contribution is 0.285. The van der Waals surface area contributed by atoms with Crippen molar-refractivity contribution in [3.8, 4) is 28.0 Å². The molecule has 1 fully saturated rings. The molecule has 3 aromatic rings. The number of allylic oxidation sites excluding steroid dienone is 2. The van der Waals surface area contributed by atoms with E-state index in [0.717, 1.165) is 51.4 Å². The van der Waals surface area contributed by atoms with Crippen LogP contribution in [-0.2, 0) is 0 Å². The van der Waals surface area contributed by atoms with E-state index >= 15 is 8.78 Å². The maximum atomic E-state index is 15.1. The molecule has 0 spiro atoms. The van der Waals surface area contributed by atoms with Crippen LogP contribution in [0.1, 0.15) is 76.7 Å². The van der Waals surface area contributed by atoms with Crippen molar-refractivity contribution in [3.05, 3.63) is 89.5 Å². The minimum atomic E-state index is -1.02. The monoisotopic (exact) mass is 524 g/mol. The Balaban J connectivity index is 1.48.